The molecule has 0 radical (unpaired) electrons. The highest BCUT2D eigenvalue weighted by atomic mass is 32.1. The number of carbonyl (C=O) groups excluding carboxylic acids is 5. The van der Waals surface area contributed by atoms with Gasteiger partial charge in [-0.2, -0.15) is 0 Å². The van der Waals surface area contributed by atoms with Gasteiger partial charge in [0.2, 0.25) is 11.8 Å². The number of aryl methyl sites for hydroxylation is 1. The van der Waals surface area contributed by atoms with E-state index in [0.717, 1.165) is 27.3 Å². The van der Waals surface area contributed by atoms with Crippen LogP contribution in [0.5, 0.6) is 11.5 Å². The smallest absolute Gasteiger partial charge is 0.256 e. The van der Waals surface area contributed by atoms with E-state index in [1.807, 2.05) is 81.4 Å². The minimum atomic E-state index is -1.30. The summed E-state index contributed by atoms with van der Waals surface area (Å²) in [4.78, 5) is 84.4. The van der Waals surface area contributed by atoms with Crippen molar-refractivity contribution in [3.8, 4) is 33.8 Å². The number of nitrogens with zero attached hydrogens (tertiary/aromatic N) is 5. The van der Waals surface area contributed by atoms with Gasteiger partial charge in [-0.15, -0.1) is 22.7 Å². The van der Waals surface area contributed by atoms with E-state index in [4.69, 9.17) is 18.9 Å². The molecule has 5 aromatic carbocycles. The molecule has 0 spiro atoms. The number of aliphatic hydroxyl groups excluding tert-OH is 1. The zero-order valence-electron chi connectivity index (χ0n) is 45.3. The number of carbonyl (C=O) groups is 5. The normalized spacial score (nSPS) is 16.1. The molecule has 5 amide bonds. The van der Waals surface area contributed by atoms with Crippen LogP contribution in [0.3, 0.4) is 0 Å². The first-order valence-corrected chi connectivity index (χ1v) is 28.6. The molecule has 20 heteroatoms. The zero-order chi connectivity index (χ0) is 57.3. The number of benzene rings is 5. The number of nitrogens with one attached hydrogen (secondary N) is 2. The Morgan fingerprint density at radius 2 is 1.61 bits per heavy atom. The van der Waals surface area contributed by atoms with Gasteiger partial charge in [-0.3, -0.25) is 29.3 Å². The van der Waals surface area contributed by atoms with Crippen molar-refractivity contribution >= 4 is 57.3 Å². The van der Waals surface area contributed by atoms with Crippen LogP contribution in [-0.2, 0) is 50.1 Å². The molecule has 7 aromatic rings. The lowest BCUT2D eigenvalue weighted by Crippen LogP contribution is -2.55. The summed E-state index contributed by atoms with van der Waals surface area (Å²) < 4.78 is 39.2. The Labute approximate surface area is 482 Å². The van der Waals surface area contributed by atoms with E-state index < -0.39 is 47.8 Å². The van der Waals surface area contributed by atoms with Crippen LogP contribution < -0.4 is 20.1 Å². The number of aliphatic hydroxyl groups is 1. The third kappa shape index (κ3) is 12.9. The van der Waals surface area contributed by atoms with E-state index in [1.54, 1.807) is 52.3 Å². The summed E-state index contributed by atoms with van der Waals surface area (Å²) in [7, 11) is 0. The topological polar surface area (TPSA) is 202 Å². The lowest BCUT2D eigenvalue weighted by molar-refractivity contribution is -0.143. The molecule has 4 atom stereocenters. The minimum Gasteiger partial charge on any atom is -0.491 e. The molecule has 2 aromatic heterocycles. The average molecular weight is 1150 g/mol. The van der Waals surface area contributed by atoms with Crippen molar-refractivity contribution < 1.29 is 52.4 Å². The molecule has 1 fully saturated rings. The summed E-state index contributed by atoms with van der Waals surface area (Å²) in [5.74, 6) is 3.87. The van der Waals surface area contributed by atoms with Gasteiger partial charge in [0.25, 0.3) is 17.7 Å². The second-order valence-electron chi connectivity index (χ2n) is 20.3. The number of halogens is 1. The lowest BCUT2D eigenvalue weighted by Gasteiger charge is -2.35. The van der Waals surface area contributed by atoms with Crippen LogP contribution in [0.15, 0.2) is 126 Å². The van der Waals surface area contributed by atoms with Crippen LogP contribution in [-0.4, -0.2) is 117 Å². The van der Waals surface area contributed by atoms with Crippen molar-refractivity contribution in [1.82, 2.24) is 30.0 Å². The number of ether oxygens (including phenoxy) is 4. The predicted octanol–water partition coefficient (Wildman–Crippen LogP) is 8.35. The highest BCUT2D eigenvalue weighted by Crippen LogP contribution is 2.39. The quantitative estimate of drug-likeness (QED) is 0.0433. The van der Waals surface area contributed by atoms with Gasteiger partial charge in [0.1, 0.15) is 55.3 Å². The zero-order valence-corrected chi connectivity index (χ0v) is 47.0. The fraction of sp³-hybridized carbons (Fsp3) is 0.306. The number of rotatable bonds is 22. The molecule has 3 aliphatic rings. The monoisotopic (exact) mass is 1150 g/mol. The molecule has 3 aliphatic heterocycles. The maximum Gasteiger partial charge on any atom is 0.256 e. The molecule has 82 heavy (non-hydrogen) atoms. The number of β-amino-alcohol motifs (C(OH)–C–C–N with tert-alkyl or cyclic N) is 1. The number of amides is 5. The first-order chi connectivity index (χ1) is 39.8. The van der Waals surface area contributed by atoms with Gasteiger partial charge in [0, 0.05) is 66.4 Å². The predicted molar refractivity (Wildman–Crippen MR) is 306 cm³/mol. The average Bonchev–Trinajstić information content (AvgIpc) is 4.38. The first kappa shape index (κ1) is 56.9. The summed E-state index contributed by atoms with van der Waals surface area (Å²) in [6, 6.07) is 28.6. The second-order valence-corrected chi connectivity index (χ2v) is 22.0. The van der Waals surface area contributed by atoms with Crippen molar-refractivity contribution in [3.63, 3.8) is 0 Å². The first-order valence-electron chi connectivity index (χ1n) is 26.9. The lowest BCUT2D eigenvalue weighted by atomic mass is 10.0. The Bertz CT molecular complexity index is 3530. The van der Waals surface area contributed by atoms with Crippen molar-refractivity contribution in [2.75, 3.05) is 44.9 Å². The fourth-order valence-electron chi connectivity index (χ4n) is 10.5. The molecule has 10 rings (SSSR count). The van der Waals surface area contributed by atoms with Crippen LogP contribution in [0.1, 0.15) is 86.1 Å². The summed E-state index contributed by atoms with van der Waals surface area (Å²) in [5, 5.41) is 18.6. The van der Waals surface area contributed by atoms with Gasteiger partial charge < -0.3 is 44.1 Å². The Kier molecular flexibility index (Phi) is 18.1. The maximum absolute atomic E-state index is 15.1. The Morgan fingerprint density at radius 1 is 0.829 bits per heavy atom. The molecule has 0 bridgehead atoms. The van der Waals surface area contributed by atoms with E-state index in [0.29, 0.717) is 38.7 Å². The molecule has 5 heterocycles. The van der Waals surface area contributed by atoms with Crippen LogP contribution >= 0.6 is 22.7 Å². The fourth-order valence-corrected chi connectivity index (χ4v) is 11.8. The summed E-state index contributed by atoms with van der Waals surface area (Å²) >= 11 is 2.71. The standard InChI is InChI=1S/C62H60FN7O10S2/c1-38(2)54(69-33-44-13-7-8-17-48(44)59(69)74)61(76)68-35-47(71)31-50(68)57(72)65-32-43-19-18-42(56-39(3)66-37-82-56)29-52(43)79-27-26-78-25-24-77-23-10-16-41-14-9-15-45-34-70(60(75)53(41)45)55(58(73)67-62-64-22-28-81-62)49-30-46(63)20-21-51(49)80-36-40-11-5-4-6-12-40/h4-9,11-15,17-22,28-30,37-38,47,50,54-55,71H,23-27,31-36H2,1-3H3,(H,65,72)(H,64,67,73)/t47?,50?,54-,55?/m0/s1. The molecular formula is C62H60FN7O10S2. The van der Waals surface area contributed by atoms with E-state index >= 15 is 4.39 Å². The van der Waals surface area contributed by atoms with Crippen molar-refractivity contribution in [2.45, 2.75) is 77.7 Å². The third-order valence-electron chi connectivity index (χ3n) is 14.4. The summed E-state index contributed by atoms with van der Waals surface area (Å²) in [6.07, 6.45) is 0.688. The molecule has 3 unspecified atom stereocenters. The van der Waals surface area contributed by atoms with Gasteiger partial charge in [0.05, 0.1) is 47.6 Å². The molecule has 17 nitrogen and oxygen atoms in total. The third-order valence-corrected chi connectivity index (χ3v) is 16.1. The van der Waals surface area contributed by atoms with E-state index in [2.05, 4.69) is 32.4 Å². The Hall–Kier alpha value is -8.32. The van der Waals surface area contributed by atoms with Crippen molar-refractivity contribution in [3.05, 3.63) is 182 Å². The number of aromatic nitrogens is 2. The van der Waals surface area contributed by atoms with E-state index in [-0.39, 0.29) is 101 Å². The van der Waals surface area contributed by atoms with Gasteiger partial charge in [-0.1, -0.05) is 98.5 Å². The van der Waals surface area contributed by atoms with Crippen LogP contribution in [0.2, 0.25) is 0 Å². The summed E-state index contributed by atoms with van der Waals surface area (Å²) in [6.45, 7) is 7.02. The number of fused-ring (bicyclic) bond motifs is 2. The summed E-state index contributed by atoms with van der Waals surface area (Å²) in [5.41, 5.74) is 8.07. The Balaban J connectivity index is 0.734. The van der Waals surface area contributed by atoms with Crippen LogP contribution in [0.25, 0.3) is 10.4 Å². The molecule has 0 aliphatic carbocycles. The number of thiazole rings is 2. The van der Waals surface area contributed by atoms with Crippen molar-refractivity contribution in [2.24, 2.45) is 5.92 Å². The molecule has 3 N–H and O–H groups in total. The van der Waals surface area contributed by atoms with Gasteiger partial charge in [-0.05, 0) is 71.5 Å². The number of likely N-dealkylation sites (tertiary alicyclic amines) is 1. The Morgan fingerprint density at radius 3 is 2.39 bits per heavy atom. The van der Waals surface area contributed by atoms with Crippen LogP contribution in [0.4, 0.5) is 9.52 Å². The van der Waals surface area contributed by atoms with E-state index in [1.165, 1.54) is 50.7 Å². The highest BCUT2D eigenvalue weighted by Gasteiger charge is 2.46. The highest BCUT2D eigenvalue weighted by molar-refractivity contribution is 7.14. The van der Waals surface area contributed by atoms with Crippen LogP contribution in [0, 0.1) is 30.5 Å². The molecule has 422 valence electrons. The molecule has 1 saturated heterocycles. The number of hydrogen-bond donors (Lipinski definition) is 3. The number of hydrogen-bond acceptors (Lipinski definition) is 14. The second kappa shape index (κ2) is 26.1. The molecule has 0 saturated carbocycles. The van der Waals surface area contributed by atoms with Gasteiger partial charge in [0.15, 0.2) is 5.13 Å². The molecular weight excluding hydrogens is 1090 g/mol. The SMILES string of the molecule is Cc1ncsc1-c1ccc(CNC(=O)C2CC(O)CN2C(=O)[C@H](C(C)C)N2Cc3ccccc3C2=O)c(OCCOCCOCC#Cc2cccc3c2C(=O)N(C(C(=O)Nc2nccs2)c2cc(F)ccc2OCc2ccccc2)C3)c1. The largest absolute Gasteiger partial charge is 0.491 e. The maximum atomic E-state index is 15.1. The minimum absolute atomic E-state index is 0.0293. The van der Waals surface area contributed by atoms with Gasteiger partial charge in [-0.25, -0.2) is 14.4 Å². The van der Waals surface area contributed by atoms with E-state index in [9.17, 15) is 29.1 Å². The van der Waals surface area contributed by atoms with Crippen molar-refractivity contribution in [1.29, 1.82) is 0 Å². The number of anilines is 1. The van der Waals surface area contributed by atoms with Gasteiger partial charge >= 0.3 is 0 Å².